The van der Waals surface area contributed by atoms with Crippen molar-refractivity contribution in [2.45, 2.75) is 45.6 Å². The number of alkyl halides is 6. The van der Waals surface area contributed by atoms with E-state index in [9.17, 15) is 31.1 Å². The second kappa shape index (κ2) is 9.34. The van der Waals surface area contributed by atoms with Crippen molar-refractivity contribution in [1.29, 1.82) is 0 Å². The molecule has 0 spiro atoms. The van der Waals surface area contributed by atoms with Crippen LogP contribution < -0.4 is 10.0 Å². The van der Waals surface area contributed by atoms with Gasteiger partial charge in [-0.3, -0.25) is 4.79 Å². The molecule has 0 aliphatic heterocycles. The first-order chi connectivity index (χ1) is 13.1. The molecule has 0 aromatic heterocycles. The predicted octanol–water partition coefficient (Wildman–Crippen LogP) is 5.71. The molecule has 2 rings (SSSR count). The molecule has 0 heterocycles. The van der Waals surface area contributed by atoms with Crippen molar-refractivity contribution < 1.29 is 35.9 Å². The van der Waals surface area contributed by atoms with Crippen molar-refractivity contribution in [2.24, 2.45) is 0 Å². The molecule has 2 aromatic carbocycles. The number of rotatable bonds is 4. The molecule has 160 valence electrons. The van der Waals surface area contributed by atoms with Crippen LogP contribution in [-0.4, -0.2) is 30.0 Å². The molecule has 10 heteroatoms. The molecule has 30 heavy (non-hydrogen) atoms. The average molecular weight is 444 g/mol. The molecule has 0 bridgehead atoms. The van der Waals surface area contributed by atoms with Gasteiger partial charge in [-0.2, -0.15) is 26.3 Å². The molecule has 1 unspecified atom stereocenters. The van der Waals surface area contributed by atoms with E-state index < -0.39 is 48.7 Å². The van der Waals surface area contributed by atoms with Crippen molar-refractivity contribution >= 4 is 38.3 Å². The van der Waals surface area contributed by atoms with Gasteiger partial charge in [-0.05, 0) is 71.4 Å². The number of aryl methyl sites for hydroxylation is 1. The van der Waals surface area contributed by atoms with Crippen molar-refractivity contribution in [1.82, 2.24) is 0 Å². The summed E-state index contributed by atoms with van der Waals surface area (Å²) in [7, 11) is -0.905. The zero-order valence-electron chi connectivity index (χ0n) is 16.0. The second-order valence-corrected chi connectivity index (χ2v) is 8.61. The molecule has 0 N–H and O–H groups in total. The van der Waals surface area contributed by atoms with E-state index in [0.717, 1.165) is 0 Å². The monoisotopic (exact) mass is 444 g/mol. The Morgan fingerprint density at radius 1 is 0.900 bits per heavy atom. The van der Waals surface area contributed by atoms with Crippen LogP contribution in [0, 0.1) is 6.92 Å². The van der Waals surface area contributed by atoms with Crippen LogP contribution >= 0.6 is 8.58 Å². The van der Waals surface area contributed by atoms with Crippen LogP contribution in [-0.2, 0) is 12.4 Å². The topological polar surface area (TPSA) is 26.3 Å². The normalized spacial score (nSPS) is 12.7. The Kier molecular flexibility index (Phi) is 8.27. The number of hydrogen-bond donors (Lipinski definition) is 0. The molecule has 1 atom stereocenters. The number of carbonyl (C=O) groups is 1. The van der Waals surface area contributed by atoms with Crippen LogP contribution in [0.1, 0.15) is 47.8 Å². The Morgan fingerprint density at radius 3 is 1.80 bits per heavy atom. The van der Waals surface area contributed by atoms with Gasteiger partial charge in [0.05, 0.1) is 11.1 Å². The SMILES string of the molecule is Cc1cc(OC(C)(C)C)ccc1PC(=O)c1c(C(F)(F)F)cccc1C(F)(F)F.[LiH]. The van der Waals surface area contributed by atoms with Crippen LogP contribution in [0.2, 0.25) is 0 Å². The maximum absolute atomic E-state index is 13.3. The number of hydrogen-bond acceptors (Lipinski definition) is 2. The van der Waals surface area contributed by atoms with Crippen LogP contribution in [0.4, 0.5) is 26.3 Å². The van der Waals surface area contributed by atoms with Gasteiger partial charge < -0.3 is 4.74 Å². The van der Waals surface area contributed by atoms with Gasteiger partial charge in [0, 0.05) is 5.56 Å². The van der Waals surface area contributed by atoms with Crippen molar-refractivity contribution in [3.63, 3.8) is 0 Å². The molecular weight excluding hydrogens is 424 g/mol. The van der Waals surface area contributed by atoms with E-state index >= 15 is 0 Å². The molecule has 0 radical (unpaired) electrons. The van der Waals surface area contributed by atoms with Crippen LogP contribution in [0.25, 0.3) is 0 Å². The van der Waals surface area contributed by atoms with Gasteiger partial charge in [0.25, 0.3) is 0 Å². The Hall–Kier alpha value is -1.48. The number of carbonyl (C=O) groups excluding carboxylic acids is 1. The summed E-state index contributed by atoms with van der Waals surface area (Å²) in [6.45, 7) is 7.10. The molecular formula is C20H20F6LiO2P. The third kappa shape index (κ3) is 6.77. The first-order valence-electron chi connectivity index (χ1n) is 8.48. The third-order valence-electron chi connectivity index (χ3n) is 3.77. The second-order valence-electron chi connectivity index (χ2n) is 7.37. The van der Waals surface area contributed by atoms with Gasteiger partial charge in [-0.15, -0.1) is 0 Å². The standard InChI is InChI=1S/C20H19F6O2P.Li.H/c1-11-10-12(28-18(2,3)4)8-9-15(11)29-17(27)16-13(19(21,22)23)6-5-7-14(16)20(24,25)26;;/h5-10,29H,1-4H3;;. The first-order valence-corrected chi connectivity index (χ1v) is 9.48. The van der Waals surface area contributed by atoms with E-state index in [4.69, 9.17) is 4.74 Å². The minimum absolute atomic E-state index is 0. The Balaban J connectivity index is 0.00000450. The Labute approximate surface area is 184 Å². The van der Waals surface area contributed by atoms with Crippen molar-refractivity contribution in [2.75, 3.05) is 0 Å². The van der Waals surface area contributed by atoms with E-state index in [-0.39, 0.29) is 18.9 Å². The van der Waals surface area contributed by atoms with E-state index in [2.05, 4.69) is 0 Å². The number of ether oxygens (including phenoxy) is 1. The Morgan fingerprint density at radius 2 is 1.40 bits per heavy atom. The minimum atomic E-state index is -5.09. The quantitative estimate of drug-likeness (QED) is 0.343. The van der Waals surface area contributed by atoms with E-state index in [0.29, 0.717) is 34.8 Å². The molecule has 2 nitrogen and oxygen atoms in total. The first kappa shape index (κ1) is 26.6. The third-order valence-corrected chi connectivity index (χ3v) is 5.08. The summed E-state index contributed by atoms with van der Waals surface area (Å²) in [6, 6.07) is 6.24. The van der Waals surface area contributed by atoms with Gasteiger partial charge in [0.2, 0.25) is 0 Å². The molecule has 0 saturated heterocycles. The number of halogens is 6. The zero-order chi connectivity index (χ0) is 22.2. The zero-order valence-corrected chi connectivity index (χ0v) is 17.0. The summed E-state index contributed by atoms with van der Waals surface area (Å²) in [6.07, 6.45) is -10.2. The van der Waals surface area contributed by atoms with Gasteiger partial charge in [-0.25, -0.2) is 0 Å². The molecule has 0 saturated carbocycles. The van der Waals surface area contributed by atoms with Gasteiger partial charge in [0.1, 0.15) is 11.4 Å². The summed E-state index contributed by atoms with van der Waals surface area (Å²) in [4.78, 5) is 12.6. The molecule has 2 aromatic rings. The fourth-order valence-electron chi connectivity index (χ4n) is 2.65. The van der Waals surface area contributed by atoms with Crippen LogP contribution in [0.5, 0.6) is 5.75 Å². The summed E-state index contributed by atoms with van der Waals surface area (Å²) < 4.78 is 85.3. The van der Waals surface area contributed by atoms with Gasteiger partial charge in [0.15, 0.2) is 5.52 Å². The van der Waals surface area contributed by atoms with E-state index in [1.54, 1.807) is 13.0 Å². The van der Waals surface area contributed by atoms with Crippen molar-refractivity contribution in [3.05, 3.63) is 58.7 Å². The van der Waals surface area contributed by atoms with Crippen LogP contribution in [0.15, 0.2) is 36.4 Å². The fourth-order valence-corrected chi connectivity index (χ4v) is 3.72. The molecule has 0 amide bonds. The molecule has 0 aliphatic rings. The van der Waals surface area contributed by atoms with Crippen LogP contribution in [0.3, 0.4) is 0 Å². The summed E-state index contributed by atoms with van der Waals surface area (Å²) in [5.74, 6) is 0.489. The number of benzene rings is 2. The predicted molar refractivity (Wildman–Crippen MR) is 107 cm³/mol. The maximum atomic E-state index is 13.3. The van der Waals surface area contributed by atoms with Crippen molar-refractivity contribution in [3.8, 4) is 5.75 Å². The average Bonchev–Trinajstić information content (AvgIpc) is 2.53. The van der Waals surface area contributed by atoms with E-state index in [1.165, 1.54) is 12.1 Å². The summed E-state index contributed by atoms with van der Waals surface area (Å²) in [5.41, 5.74) is -5.70. The van der Waals surface area contributed by atoms with E-state index in [1.807, 2.05) is 20.8 Å². The summed E-state index contributed by atoms with van der Waals surface area (Å²) in [5, 5.41) is 0.348. The summed E-state index contributed by atoms with van der Waals surface area (Å²) >= 11 is 0. The molecule has 0 aliphatic carbocycles. The molecule has 0 fully saturated rings. The van der Waals surface area contributed by atoms with Gasteiger partial charge >= 0.3 is 31.2 Å². The fraction of sp³-hybridized carbons (Fsp3) is 0.350. The van der Waals surface area contributed by atoms with Gasteiger partial charge in [-0.1, -0.05) is 12.1 Å². The Bertz CT molecular complexity index is 885.